The van der Waals surface area contributed by atoms with Gasteiger partial charge in [0.25, 0.3) is 5.91 Å². The lowest BCUT2D eigenvalue weighted by molar-refractivity contribution is -0.188. The lowest BCUT2D eigenvalue weighted by Gasteiger charge is -2.33. The van der Waals surface area contributed by atoms with Crippen molar-refractivity contribution < 1.29 is 33.9 Å². The smallest absolute Gasteiger partial charge is 0.407 e. The Hall–Kier alpha value is -5.95. The molecule has 6 atom stereocenters. The fraction of sp³-hybridized carbons (Fsp3) is 0.425. The summed E-state index contributed by atoms with van der Waals surface area (Å²) >= 11 is 0. The molecule has 3 aromatic heterocycles. The van der Waals surface area contributed by atoms with Crippen molar-refractivity contribution in [2.24, 2.45) is 4.99 Å². The molecule has 7 rings (SSSR count). The minimum atomic E-state index is -1.02. The molecular weight excluding hydrogens is 747 g/mol. The number of hydrogen-bond acceptors (Lipinski definition) is 13. The van der Waals surface area contributed by atoms with E-state index in [2.05, 4.69) is 94.1 Å². The highest BCUT2D eigenvalue weighted by Gasteiger charge is 2.39. The average molecular weight is 796 g/mol. The molecule has 1 unspecified atom stereocenters. The van der Waals surface area contributed by atoms with Gasteiger partial charge >= 0.3 is 6.09 Å². The Morgan fingerprint density at radius 3 is 2.09 bits per heavy atom. The number of carbonyl (C=O) groups is 2. The van der Waals surface area contributed by atoms with Crippen LogP contribution in [0.2, 0.25) is 0 Å². The highest BCUT2D eigenvalue weighted by Crippen LogP contribution is 2.35. The molecule has 2 amide bonds. The number of likely N-dealkylation sites (tertiary alicyclic amines) is 2. The van der Waals surface area contributed by atoms with Gasteiger partial charge in [0.2, 0.25) is 6.40 Å². The Balaban J connectivity index is 0.996. The van der Waals surface area contributed by atoms with Crippen LogP contribution in [0.4, 0.5) is 4.79 Å². The summed E-state index contributed by atoms with van der Waals surface area (Å²) in [6, 6.07) is 14.7. The Morgan fingerprint density at radius 1 is 0.897 bits per heavy atom. The predicted octanol–water partition coefficient (Wildman–Crippen LogP) is 4.35. The standard InChI is InChI=1S/C40H49N11O7/c1-24(55-2)35(43-23-58-57-4)39(53)51-18-6-8-34(51)37-42-22-32(46-37)28-15-11-26(12-16-28)25-9-13-27(14-10-25)31-21-41-36(45-31)33-7-5-17-50(33)38(52)30(47-40(54)56-3)19-29-20-44-49-48-29/h9-16,20-24,30,33-35,38,52H,5-8,17-19H2,1-4H3,(H,41,45)(H,42,46)(H,47,54)(H,44,48,49)/t24-,30-,33+,34+,35+,38?/m1/s1. The monoisotopic (exact) mass is 795 g/mol. The zero-order valence-corrected chi connectivity index (χ0v) is 32.9. The number of ether oxygens (including phenoxy) is 2. The Morgan fingerprint density at radius 2 is 1.50 bits per heavy atom. The lowest BCUT2D eigenvalue weighted by atomic mass is 10.0. The third kappa shape index (κ3) is 8.94. The minimum absolute atomic E-state index is 0.162. The topological polar surface area (TPSA) is 221 Å². The third-order valence-corrected chi connectivity index (χ3v) is 10.9. The Kier molecular flexibility index (Phi) is 12.9. The van der Waals surface area contributed by atoms with Crippen molar-refractivity contribution in [1.82, 2.24) is 50.5 Å². The number of nitrogens with one attached hydrogen (secondary N) is 4. The maximum atomic E-state index is 13.6. The second-order valence-electron chi connectivity index (χ2n) is 14.3. The fourth-order valence-electron chi connectivity index (χ4n) is 7.74. The van der Waals surface area contributed by atoms with Crippen LogP contribution in [0, 0.1) is 0 Å². The number of hydrogen-bond donors (Lipinski definition) is 5. The van der Waals surface area contributed by atoms with Crippen molar-refractivity contribution >= 4 is 18.4 Å². The van der Waals surface area contributed by atoms with Crippen molar-refractivity contribution in [3.05, 3.63) is 84.5 Å². The van der Waals surface area contributed by atoms with Gasteiger partial charge < -0.3 is 39.7 Å². The molecule has 2 saturated heterocycles. The second-order valence-corrected chi connectivity index (χ2v) is 14.3. The molecule has 18 heteroatoms. The molecule has 5 N–H and O–H groups in total. The van der Waals surface area contributed by atoms with Crippen molar-refractivity contribution in [3.63, 3.8) is 0 Å². The summed E-state index contributed by atoms with van der Waals surface area (Å²) in [5, 5.41) is 24.7. The number of aromatic nitrogens is 7. The number of imidazole rings is 2. The number of nitrogens with zero attached hydrogens (tertiary/aromatic N) is 7. The van der Waals surface area contributed by atoms with Gasteiger partial charge in [-0.15, -0.1) is 0 Å². The van der Waals surface area contributed by atoms with E-state index < -0.39 is 30.5 Å². The van der Waals surface area contributed by atoms with E-state index in [0.29, 0.717) is 18.8 Å². The molecule has 0 aliphatic carbocycles. The number of H-pyrrole nitrogens is 3. The number of benzene rings is 2. The molecule has 58 heavy (non-hydrogen) atoms. The van der Waals surface area contributed by atoms with Gasteiger partial charge in [-0.3, -0.25) is 9.69 Å². The van der Waals surface area contributed by atoms with Gasteiger partial charge in [0.15, 0.2) is 6.04 Å². The number of methoxy groups -OCH3 is 2. The van der Waals surface area contributed by atoms with Crippen LogP contribution in [0.5, 0.6) is 0 Å². The molecule has 2 aromatic carbocycles. The fourth-order valence-corrected chi connectivity index (χ4v) is 7.74. The lowest BCUT2D eigenvalue weighted by Crippen LogP contribution is -2.52. The first-order valence-electron chi connectivity index (χ1n) is 19.3. The van der Waals surface area contributed by atoms with Crippen LogP contribution in [-0.4, -0.2) is 127 Å². The number of carbonyl (C=O) groups excluding carboxylic acids is 2. The summed E-state index contributed by atoms with van der Waals surface area (Å²) in [6.07, 6.45) is 7.73. The van der Waals surface area contributed by atoms with Gasteiger partial charge in [-0.2, -0.15) is 20.3 Å². The second kappa shape index (κ2) is 18.5. The average Bonchev–Trinajstić information content (AvgIpc) is 4.11. The van der Waals surface area contributed by atoms with E-state index in [-0.39, 0.29) is 24.4 Å². The first-order chi connectivity index (χ1) is 28.3. The highest BCUT2D eigenvalue weighted by molar-refractivity contribution is 5.84. The number of aromatic amines is 3. The van der Waals surface area contributed by atoms with Crippen molar-refractivity contribution in [1.29, 1.82) is 0 Å². The van der Waals surface area contributed by atoms with Crippen LogP contribution < -0.4 is 5.32 Å². The van der Waals surface area contributed by atoms with E-state index in [9.17, 15) is 14.7 Å². The first-order valence-corrected chi connectivity index (χ1v) is 19.3. The van der Waals surface area contributed by atoms with Crippen molar-refractivity contribution in [3.8, 4) is 33.6 Å². The van der Waals surface area contributed by atoms with Crippen molar-refractivity contribution in [2.75, 3.05) is 34.4 Å². The van der Waals surface area contributed by atoms with E-state index in [1.165, 1.54) is 14.2 Å². The number of alkyl carbamates (subject to hydrolysis) is 1. The zero-order chi connectivity index (χ0) is 40.6. The number of amides is 2. The van der Waals surface area contributed by atoms with E-state index >= 15 is 0 Å². The van der Waals surface area contributed by atoms with Gasteiger partial charge in [0.05, 0.1) is 74.1 Å². The molecule has 0 radical (unpaired) electrons. The Labute approximate surface area is 335 Å². The number of aliphatic imine (C=N–C) groups is 1. The number of aliphatic hydroxyl groups excluding tert-OH is 1. The minimum Gasteiger partial charge on any atom is -0.453 e. The van der Waals surface area contributed by atoms with E-state index in [0.717, 1.165) is 77.4 Å². The van der Waals surface area contributed by atoms with E-state index in [1.807, 2.05) is 16.0 Å². The van der Waals surface area contributed by atoms with Gasteiger partial charge in [0.1, 0.15) is 17.9 Å². The summed E-state index contributed by atoms with van der Waals surface area (Å²) in [7, 11) is 4.20. The summed E-state index contributed by atoms with van der Waals surface area (Å²) in [5.74, 6) is 1.30. The molecule has 2 aliphatic rings. The molecule has 2 aliphatic heterocycles. The molecule has 0 spiro atoms. The molecule has 306 valence electrons. The quantitative estimate of drug-likeness (QED) is 0.0407. The first kappa shape index (κ1) is 40.3. The highest BCUT2D eigenvalue weighted by atomic mass is 17.2. The summed E-state index contributed by atoms with van der Waals surface area (Å²) in [4.78, 5) is 59.5. The molecule has 18 nitrogen and oxygen atoms in total. The summed E-state index contributed by atoms with van der Waals surface area (Å²) in [6.45, 7) is 3.02. The largest absolute Gasteiger partial charge is 0.453 e. The molecule has 2 fully saturated rings. The SMILES string of the molecule is COOC=N[C@H](C(=O)N1CCC[C@H]1c1ncc(-c2ccc(-c3ccc(-c4cnc([C@@H]5CCCN5C(O)[C@@H](Cc5cn[nH]n5)NC(=O)OC)[nH]4)cc3)cc2)[nH]1)[C@@H](C)OC. The van der Waals surface area contributed by atoms with E-state index in [4.69, 9.17) is 19.3 Å². The molecule has 5 heterocycles. The van der Waals surface area contributed by atoms with Crippen LogP contribution in [-0.2, 0) is 30.5 Å². The zero-order valence-electron chi connectivity index (χ0n) is 32.9. The van der Waals surface area contributed by atoms with Gasteiger partial charge in [-0.25, -0.2) is 19.8 Å². The van der Waals surface area contributed by atoms with Crippen LogP contribution >= 0.6 is 0 Å². The summed E-state index contributed by atoms with van der Waals surface area (Å²) < 4.78 is 10.3. The summed E-state index contributed by atoms with van der Waals surface area (Å²) in [5.41, 5.74) is 6.39. The molecular formula is C40H49N11O7. The normalized spacial score (nSPS) is 19.3. The number of rotatable bonds is 16. The van der Waals surface area contributed by atoms with Crippen LogP contribution in [0.25, 0.3) is 33.6 Å². The molecule has 5 aromatic rings. The Bertz CT molecular complexity index is 2120. The van der Waals surface area contributed by atoms with Gasteiger partial charge in [-0.1, -0.05) is 48.5 Å². The van der Waals surface area contributed by atoms with E-state index in [1.54, 1.807) is 26.4 Å². The predicted molar refractivity (Wildman–Crippen MR) is 212 cm³/mol. The number of aliphatic hydroxyl groups is 1. The van der Waals surface area contributed by atoms with Gasteiger partial charge in [0, 0.05) is 26.6 Å². The van der Waals surface area contributed by atoms with Crippen LogP contribution in [0.1, 0.15) is 62.0 Å². The van der Waals surface area contributed by atoms with Gasteiger partial charge in [-0.05, 0) is 54.9 Å². The molecule has 0 bridgehead atoms. The van der Waals surface area contributed by atoms with Crippen molar-refractivity contribution in [2.45, 2.75) is 75.5 Å². The van der Waals surface area contributed by atoms with Crippen LogP contribution in [0.3, 0.4) is 0 Å². The van der Waals surface area contributed by atoms with Crippen LogP contribution in [0.15, 0.2) is 72.1 Å². The maximum absolute atomic E-state index is 13.6. The third-order valence-electron chi connectivity index (χ3n) is 10.9. The maximum Gasteiger partial charge on any atom is 0.407 e. The molecule has 0 saturated carbocycles.